The molecule has 0 aliphatic carbocycles. The van der Waals surface area contributed by atoms with Crippen LogP contribution in [-0.2, 0) is 14.1 Å². The van der Waals surface area contributed by atoms with Gasteiger partial charge in [-0.3, -0.25) is 0 Å². The molecule has 0 aliphatic rings. The highest BCUT2D eigenvalue weighted by Gasteiger charge is 2.13. The lowest BCUT2D eigenvalue weighted by molar-refractivity contribution is -0.660. The maximum atomic E-state index is 2.31. The highest BCUT2D eigenvalue weighted by atomic mass is 14.9. The monoisotopic (exact) mass is 439 g/mol. The van der Waals surface area contributed by atoms with Crippen molar-refractivity contribution < 1.29 is 4.57 Å². The van der Waals surface area contributed by atoms with E-state index in [2.05, 4.69) is 139 Å². The normalized spacial score (nSPS) is 11.4. The maximum absolute atomic E-state index is 2.31. The van der Waals surface area contributed by atoms with E-state index in [1.165, 1.54) is 60.9 Å². The lowest BCUT2D eigenvalue weighted by atomic mass is 9.95. The van der Waals surface area contributed by atoms with Crippen LogP contribution < -0.4 is 4.57 Å². The van der Waals surface area contributed by atoms with Crippen molar-refractivity contribution in [3.63, 3.8) is 0 Å². The van der Waals surface area contributed by atoms with E-state index in [9.17, 15) is 0 Å². The van der Waals surface area contributed by atoms with Crippen LogP contribution in [0.4, 0.5) is 0 Å². The Hall–Kier alpha value is -4.17. The highest BCUT2D eigenvalue weighted by Crippen LogP contribution is 2.33. The molecule has 34 heavy (non-hydrogen) atoms. The molecule has 164 valence electrons. The zero-order chi connectivity index (χ0) is 23.2. The number of rotatable bonds is 3. The van der Waals surface area contributed by atoms with E-state index in [0.717, 1.165) is 0 Å². The summed E-state index contributed by atoms with van der Waals surface area (Å²) in [6.07, 6.45) is 2.10. The zero-order valence-electron chi connectivity index (χ0n) is 19.8. The molecule has 0 saturated heterocycles. The maximum Gasteiger partial charge on any atom is 0.212 e. The zero-order valence-corrected chi connectivity index (χ0v) is 19.8. The van der Waals surface area contributed by atoms with Gasteiger partial charge in [0, 0.05) is 46.5 Å². The van der Waals surface area contributed by atoms with Crippen LogP contribution in [0.5, 0.6) is 0 Å². The summed E-state index contributed by atoms with van der Waals surface area (Å²) in [5.41, 5.74) is 11.3. The number of pyridine rings is 1. The Morgan fingerprint density at radius 2 is 1.21 bits per heavy atom. The second-order valence-electron chi connectivity index (χ2n) is 9.11. The van der Waals surface area contributed by atoms with Gasteiger partial charge in [0.25, 0.3) is 0 Å². The van der Waals surface area contributed by atoms with Crippen LogP contribution in [0.1, 0.15) is 5.56 Å². The van der Waals surface area contributed by atoms with Crippen molar-refractivity contribution in [1.82, 2.24) is 4.57 Å². The van der Waals surface area contributed by atoms with Gasteiger partial charge in [-0.05, 0) is 59.0 Å². The van der Waals surface area contributed by atoms with Gasteiger partial charge < -0.3 is 4.57 Å². The van der Waals surface area contributed by atoms with Gasteiger partial charge >= 0.3 is 0 Å². The Labute approximate surface area is 200 Å². The second-order valence-corrected chi connectivity index (χ2v) is 9.11. The van der Waals surface area contributed by atoms with Gasteiger partial charge in [0.15, 0.2) is 6.20 Å². The molecule has 6 rings (SSSR count). The first-order valence-electron chi connectivity index (χ1n) is 11.7. The molecule has 0 N–H and O–H groups in total. The predicted octanol–water partition coefficient (Wildman–Crippen LogP) is 7.47. The van der Waals surface area contributed by atoms with Gasteiger partial charge in [-0.15, -0.1) is 0 Å². The molecule has 0 amide bonds. The number of aromatic nitrogens is 2. The summed E-state index contributed by atoms with van der Waals surface area (Å²) in [5.74, 6) is 0. The van der Waals surface area contributed by atoms with Gasteiger partial charge in [-0.25, -0.2) is 4.57 Å². The van der Waals surface area contributed by atoms with E-state index in [4.69, 9.17) is 0 Å². The lowest BCUT2D eigenvalue weighted by Gasteiger charge is -2.09. The Morgan fingerprint density at radius 3 is 1.97 bits per heavy atom. The molecular formula is C32H27N2+. The third-order valence-corrected chi connectivity index (χ3v) is 7.03. The molecule has 0 spiro atoms. The van der Waals surface area contributed by atoms with Crippen molar-refractivity contribution in [3.8, 4) is 33.5 Å². The number of benzene rings is 4. The summed E-state index contributed by atoms with van der Waals surface area (Å²) in [4.78, 5) is 0. The first-order chi connectivity index (χ1) is 16.6. The molecule has 2 nitrogen and oxygen atoms in total. The van der Waals surface area contributed by atoms with Crippen molar-refractivity contribution in [1.29, 1.82) is 0 Å². The number of para-hydroxylation sites is 1. The molecule has 0 atom stereocenters. The summed E-state index contributed by atoms with van der Waals surface area (Å²) in [7, 11) is 4.25. The molecule has 0 aliphatic heterocycles. The largest absolute Gasteiger partial charge is 0.344 e. The van der Waals surface area contributed by atoms with Crippen molar-refractivity contribution in [2.75, 3.05) is 0 Å². The molecule has 6 aromatic rings. The standard InChI is InChI=1S/C32H27N2/c1-22-11-12-25(20-29(22)30-9-6-7-19-33(30)2)23-13-15-24(16-14-23)26-17-18-28-27-8-4-5-10-31(27)34(3)32(28)21-26/h4-21H,1-3H3/q+1. The molecule has 0 saturated carbocycles. The Balaban J connectivity index is 1.38. The van der Waals surface area contributed by atoms with Crippen molar-refractivity contribution in [3.05, 3.63) is 115 Å². The lowest BCUT2D eigenvalue weighted by Crippen LogP contribution is -2.30. The quantitative estimate of drug-likeness (QED) is 0.253. The van der Waals surface area contributed by atoms with Crippen LogP contribution >= 0.6 is 0 Å². The molecule has 2 heterocycles. The van der Waals surface area contributed by atoms with Crippen LogP contribution in [0.25, 0.3) is 55.3 Å². The fraction of sp³-hybridized carbons (Fsp3) is 0.0938. The number of hydrogen-bond acceptors (Lipinski definition) is 0. The van der Waals surface area contributed by atoms with Crippen LogP contribution in [0.15, 0.2) is 109 Å². The third kappa shape index (κ3) is 3.31. The van der Waals surface area contributed by atoms with Crippen LogP contribution in [0, 0.1) is 6.92 Å². The fourth-order valence-corrected chi connectivity index (χ4v) is 5.08. The average Bonchev–Trinajstić information content (AvgIpc) is 3.16. The predicted molar refractivity (Wildman–Crippen MR) is 143 cm³/mol. The third-order valence-electron chi connectivity index (χ3n) is 7.03. The number of aryl methyl sites for hydroxylation is 3. The number of hydrogen-bond donors (Lipinski definition) is 0. The average molecular weight is 440 g/mol. The van der Waals surface area contributed by atoms with E-state index in [0.29, 0.717) is 0 Å². The van der Waals surface area contributed by atoms with E-state index < -0.39 is 0 Å². The van der Waals surface area contributed by atoms with Gasteiger partial charge in [-0.1, -0.05) is 66.7 Å². The van der Waals surface area contributed by atoms with Crippen molar-refractivity contribution in [2.24, 2.45) is 14.1 Å². The summed E-state index contributed by atoms with van der Waals surface area (Å²) < 4.78 is 4.47. The van der Waals surface area contributed by atoms with E-state index in [-0.39, 0.29) is 0 Å². The van der Waals surface area contributed by atoms with Crippen LogP contribution in [0.2, 0.25) is 0 Å². The SMILES string of the molecule is Cc1ccc(-c2ccc(-c3ccc4c5ccccc5n(C)c4c3)cc2)cc1-c1cccc[n+]1C. The Bertz CT molecular complexity index is 1670. The van der Waals surface area contributed by atoms with E-state index in [1.54, 1.807) is 0 Å². The van der Waals surface area contributed by atoms with Gasteiger partial charge in [0.1, 0.15) is 7.05 Å². The topological polar surface area (TPSA) is 8.81 Å². The summed E-state index contributed by atoms with van der Waals surface area (Å²) in [6, 6.07) is 37.5. The first kappa shape index (κ1) is 20.4. The van der Waals surface area contributed by atoms with Crippen LogP contribution in [0.3, 0.4) is 0 Å². The first-order valence-corrected chi connectivity index (χ1v) is 11.7. The molecule has 0 unspecified atom stereocenters. The highest BCUT2D eigenvalue weighted by molar-refractivity contribution is 6.08. The van der Waals surface area contributed by atoms with E-state index >= 15 is 0 Å². The van der Waals surface area contributed by atoms with Crippen molar-refractivity contribution in [2.45, 2.75) is 6.92 Å². The van der Waals surface area contributed by atoms with Crippen LogP contribution in [-0.4, -0.2) is 4.57 Å². The minimum Gasteiger partial charge on any atom is -0.344 e. The number of nitrogens with zero attached hydrogens (tertiary/aromatic N) is 2. The molecule has 2 heteroatoms. The smallest absolute Gasteiger partial charge is 0.212 e. The van der Waals surface area contributed by atoms with Gasteiger partial charge in [0.2, 0.25) is 5.69 Å². The molecule has 4 aromatic carbocycles. The molecular weight excluding hydrogens is 412 g/mol. The van der Waals surface area contributed by atoms with Crippen molar-refractivity contribution >= 4 is 21.8 Å². The number of fused-ring (bicyclic) bond motifs is 3. The second kappa shape index (κ2) is 8.00. The molecule has 2 aromatic heterocycles. The summed E-state index contributed by atoms with van der Waals surface area (Å²) >= 11 is 0. The Morgan fingerprint density at radius 1 is 0.588 bits per heavy atom. The molecule has 0 radical (unpaired) electrons. The van der Waals surface area contributed by atoms with Gasteiger partial charge in [-0.2, -0.15) is 0 Å². The minimum absolute atomic E-state index is 1.22. The van der Waals surface area contributed by atoms with Gasteiger partial charge in [0.05, 0.1) is 0 Å². The fourth-order valence-electron chi connectivity index (χ4n) is 5.08. The minimum atomic E-state index is 1.22. The summed E-state index contributed by atoms with van der Waals surface area (Å²) in [6.45, 7) is 2.18. The molecule has 0 fully saturated rings. The van der Waals surface area contributed by atoms with E-state index in [1.807, 2.05) is 0 Å². The Kier molecular flexibility index (Phi) is 4.81. The summed E-state index contributed by atoms with van der Waals surface area (Å²) in [5, 5.41) is 2.61. The molecule has 0 bridgehead atoms.